The molecular weight excluding hydrogens is 436 g/mol. The topological polar surface area (TPSA) is 143 Å². The van der Waals surface area contributed by atoms with Gasteiger partial charge in [-0.1, -0.05) is 33.8 Å². The second kappa shape index (κ2) is 9.02. The summed E-state index contributed by atoms with van der Waals surface area (Å²) in [5, 5.41) is 33.2. The van der Waals surface area contributed by atoms with Gasteiger partial charge in [-0.3, -0.25) is 14.4 Å². The summed E-state index contributed by atoms with van der Waals surface area (Å²) in [4.78, 5) is 38.0. The number of hydrogen-bond acceptors (Lipinski definition) is 6. The van der Waals surface area contributed by atoms with Crippen LogP contribution in [0.1, 0.15) is 78.5 Å². The van der Waals surface area contributed by atoms with Crippen LogP contribution in [0.4, 0.5) is 0 Å². The van der Waals surface area contributed by atoms with Gasteiger partial charge < -0.3 is 20.8 Å². The predicted molar refractivity (Wildman–Crippen MR) is 132 cm³/mol. The van der Waals surface area contributed by atoms with Gasteiger partial charge in [-0.15, -0.1) is 0 Å². The van der Waals surface area contributed by atoms with Crippen LogP contribution in [0.15, 0.2) is 23.0 Å². The van der Waals surface area contributed by atoms with Crippen molar-refractivity contribution >= 4 is 23.1 Å². The van der Waals surface area contributed by atoms with Crippen molar-refractivity contribution in [3.63, 3.8) is 0 Å². The lowest BCUT2D eigenvalue weighted by molar-refractivity contribution is -0.127. The van der Waals surface area contributed by atoms with Crippen LogP contribution >= 0.6 is 0 Å². The third kappa shape index (κ3) is 3.86. The van der Waals surface area contributed by atoms with E-state index in [1.807, 2.05) is 6.07 Å². The van der Waals surface area contributed by atoms with Crippen LogP contribution in [0.2, 0.25) is 0 Å². The number of aromatic hydroxyl groups is 1. The molecule has 3 aliphatic carbocycles. The maximum Gasteiger partial charge on any atom is 0.173 e. The van der Waals surface area contributed by atoms with Gasteiger partial charge in [-0.05, 0) is 66.5 Å². The van der Waals surface area contributed by atoms with Crippen LogP contribution in [0.5, 0.6) is 5.75 Å². The number of benzene rings is 1. The molecule has 0 bridgehead atoms. The second-order valence-electron chi connectivity index (χ2n) is 10.5. The molecule has 0 amide bonds. The molecule has 5 N–H and O–H groups in total. The van der Waals surface area contributed by atoms with Crippen LogP contribution in [0, 0.1) is 23.7 Å². The number of aliphatic hydroxyl groups excluding tert-OH is 2. The minimum atomic E-state index is -1.01. The third-order valence-corrected chi connectivity index (χ3v) is 7.36. The first-order chi connectivity index (χ1) is 15.4. The lowest BCUT2D eigenvalue weighted by Crippen LogP contribution is -2.43. The highest BCUT2D eigenvalue weighted by Gasteiger charge is 2.50. The van der Waals surface area contributed by atoms with Gasteiger partial charge in [0.25, 0.3) is 0 Å². The first-order valence-electron chi connectivity index (χ1n) is 11.8. The van der Waals surface area contributed by atoms with Gasteiger partial charge in [-0.25, -0.2) is 0 Å². The lowest BCUT2D eigenvalue weighted by atomic mass is 9.61. The first kappa shape index (κ1) is 25.7. The van der Waals surface area contributed by atoms with E-state index in [9.17, 15) is 29.7 Å². The van der Waals surface area contributed by atoms with E-state index < -0.39 is 34.9 Å². The van der Waals surface area contributed by atoms with E-state index in [1.54, 1.807) is 0 Å². The molecule has 7 heteroatoms. The Morgan fingerprint density at radius 2 is 1.76 bits per heavy atom. The van der Waals surface area contributed by atoms with Crippen molar-refractivity contribution in [1.29, 1.82) is 0 Å². The summed E-state index contributed by atoms with van der Waals surface area (Å²) in [6.07, 6.45) is 1.59. The number of ketones is 3. The maximum absolute atomic E-state index is 13.6. The van der Waals surface area contributed by atoms with E-state index in [0.29, 0.717) is 30.7 Å². The largest absolute Gasteiger partial charge is 0.511 e. The second-order valence-corrected chi connectivity index (χ2v) is 10.5. The average Bonchev–Trinajstić information content (AvgIpc) is 2.68. The Morgan fingerprint density at radius 3 is 2.32 bits per heavy atom. The molecule has 1 aromatic carbocycles. The van der Waals surface area contributed by atoms with E-state index in [0.717, 1.165) is 16.7 Å². The fourth-order valence-corrected chi connectivity index (χ4v) is 6.02. The summed E-state index contributed by atoms with van der Waals surface area (Å²) in [6.45, 7) is 9.44. The van der Waals surface area contributed by atoms with Gasteiger partial charge in [0, 0.05) is 14.8 Å². The monoisotopic (exact) mass is 474 g/mol. The highest BCUT2D eigenvalue weighted by Crippen LogP contribution is 2.51. The van der Waals surface area contributed by atoms with Crippen LogP contribution in [0.25, 0.3) is 5.76 Å². The fourth-order valence-electron chi connectivity index (χ4n) is 6.02. The molecule has 3 atom stereocenters. The zero-order chi connectivity index (χ0) is 24.4. The Kier molecular flexibility index (Phi) is 6.82. The number of carbonyl (C=O) groups excluding carboxylic acids is 3. The van der Waals surface area contributed by atoms with Crippen LogP contribution in [-0.2, 0) is 27.2 Å². The van der Waals surface area contributed by atoms with Gasteiger partial charge in [0.1, 0.15) is 17.3 Å². The molecule has 4 rings (SSSR count). The van der Waals surface area contributed by atoms with Crippen molar-refractivity contribution in [1.82, 2.24) is 0 Å². The van der Waals surface area contributed by atoms with Crippen molar-refractivity contribution in [3.8, 4) is 5.75 Å². The number of allylic oxidation sites excluding steroid dienone is 3. The summed E-state index contributed by atoms with van der Waals surface area (Å²) < 4.78 is 0. The van der Waals surface area contributed by atoms with Gasteiger partial charge >= 0.3 is 0 Å². The zero-order valence-corrected chi connectivity index (χ0v) is 20.4. The Bertz CT molecular complexity index is 1150. The highest BCUT2D eigenvalue weighted by atomic mass is 16.3. The van der Waals surface area contributed by atoms with E-state index >= 15 is 0 Å². The molecule has 1 aromatic rings. The first-order valence-corrected chi connectivity index (χ1v) is 11.8. The summed E-state index contributed by atoms with van der Waals surface area (Å²) in [7, 11) is 0. The quantitative estimate of drug-likeness (QED) is 0.552. The van der Waals surface area contributed by atoms with Crippen molar-refractivity contribution in [2.24, 2.45) is 23.7 Å². The molecule has 0 aliphatic heterocycles. The fraction of sp³-hybridized carbons (Fsp3) is 0.519. The molecule has 0 saturated heterocycles. The molecular formula is C27H38O7. The van der Waals surface area contributed by atoms with Crippen molar-refractivity contribution in [2.45, 2.75) is 66.2 Å². The predicted octanol–water partition coefficient (Wildman–Crippen LogP) is 4.40. The lowest BCUT2D eigenvalue weighted by Gasteiger charge is -2.41. The van der Waals surface area contributed by atoms with Gasteiger partial charge in [0.2, 0.25) is 0 Å². The molecule has 0 heterocycles. The number of phenolic OH excluding ortho intramolecular Hbond substituents is 1. The smallest absolute Gasteiger partial charge is 0.173 e. The molecule has 34 heavy (non-hydrogen) atoms. The third-order valence-electron chi connectivity index (χ3n) is 7.36. The van der Waals surface area contributed by atoms with Crippen molar-refractivity contribution in [2.75, 3.05) is 0 Å². The normalized spacial score (nSPS) is 24.1. The Balaban J connectivity index is 0.00000216. The Morgan fingerprint density at radius 1 is 1.12 bits per heavy atom. The molecule has 7 nitrogen and oxygen atoms in total. The maximum atomic E-state index is 13.6. The van der Waals surface area contributed by atoms with Crippen molar-refractivity contribution in [3.05, 3.63) is 45.2 Å². The SMILES string of the molecule is CC(=O)C1=C(O)C2C(=O)C3=C(O)c4c(O)c(CC(C)C)cc(C(C)C)c4CC3CC2CC1=O.O.[HH].[HH]. The van der Waals surface area contributed by atoms with E-state index in [2.05, 4.69) is 27.7 Å². The summed E-state index contributed by atoms with van der Waals surface area (Å²) in [6, 6.07) is 2.02. The standard InChI is InChI=1S/C27H32O6.H2O.2H2/c1-11(2)6-16-9-17(12(3)4)18-8-14-7-15-10-19(29)20(13(5)28)25(31)22(15)26(32)21(14)27(33)23(18)24(16)30;;;/h9,11-12,14-15,22,30-31,33H,6-8,10H2,1-5H3;1H2;2*1H. The van der Waals surface area contributed by atoms with Gasteiger partial charge in [-0.2, -0.15) is 0 Å². The highest BCUT2D eigenvalue weighted by molar-refractivity contribution is 6.21. The van der Waals surface area contributed by atoms with Crippen LogP contribution < -0.4 is 0 Å². The van der Waals surface area contributed by atoms with Gasteiger partial charge in [0.05, 0.1) is 17.1 Å². The average molecular weight is 475 g/mol. The number of carbonyl (C=O) groups is 3. The Hall–Kier alpha value is -2.93. The van der Waals surface area contributed by atoms with Gasteiger partial charge in [0.15, 0.2) is 17.3 Å². The van der Waals surface area contributed by atoms with Crippen molar-refractivity contribution < 1.29 is 38.0 Å². The number of rotatable bonds is 4. The molecule has 0 aromatic heterocycles. The Labute approximate surface area is 202 Å². The summed E-state index contributed by atoms with van der Waals surface area (Å²) >= 11 is 0. The molecule has 1 fully saturated rings. The number of aliphatic hydroxyl groups is 2. The van der Waals surface area contributed by atoms with E-state index in [4.69, 9.17) is 0 Å². The van der Waals surface area contributed by atoms with E-state index in [-0.39, 0.29) is 49.2 Å². The van der Waals surface area contributed by atoms with Crippen LogP contribution in [0.3, 0.4) is 0 Å². The molecule has 3 unspecified atom stereocenters. The molecule has 1 saturated carbocycles. The number of fused-ring (bicyclic) bond motifs is 3. The van der Waals surface area contributed by atoms with E-state index in [1.165, 1.54) is 6.92 Å². The molecule has 0 spiro atoms. The number of hydrogen-bond donors (Lipinski definition) is 3. The molecule has 188 valence electrons. The summed E-state index contributed by atoms with van der Waals surface area (Å²) in [5.41, 5.74) is 2.84. The number of phenols is 1. The molecule has 3 aliphatic rings. The number of Topliss-reactive ketones (excluding diaryl/α,β-unsaturated/α-hetero) is 3. The summed E-state index contributed by atoms with van der Waals surface area (Å²) in [5.74, 6) is -3.42. The minimum absolute atomic E-state index is 0. The zero-order valence-electron chi connectivity index (χ0n) is 20.4. The van der Waals surface area contributed by atoms with Crippen LogP contribution in [-0.4, -0.2) is 38.1 Å². The molecule has 0 radical (unpaired) electrons. The minimum Gasteiger partial charge on any atom is -0.511 e.